The van der Waals surface area contributed by atoms with E-state index in [1.165, 1.54) is 0 Å². The lowest BCUT2D eigenvalue weighted by Gasteiger charge is -2.43. The number of anilines is 1. The van der Waals surface area contributed by atoms with E-state index in [1.54, 1.807) is 0 Å². The summed E-state index contributed by atoms with van der Waals surface area (Å²) in [6.45, 7) is 6.48. The normalized spacial score (nSPS) is 20.1. The van der Waals surface area contributed by atoms with E-state index in [4.69, 9.17) is 4.74 Å². The van der Waals surface area contributed by atoms with Gasteiger partial charge in [-0.3, -0.25) is 4.79 Å². The molecule has 0 N–H and O–H groups in total. The third-order valence-corrected chi connectivity index (χ3v) is 9.15. The summed E-state index contributed by atoms with van der Waals surface area (Å²) >= 11 is 0. The Labute approximate surface area is 234 Å². The average molecular weight is 552 g/mol. The van der Waals surface area contributed by atoms with E-state index >= 15 is 0 Å². The number of benzene rings is 1. The number of hydrogen-bond acceptors (Lipinski definition) is 5. The number of nitrogens with zero attached hydrogens (tertiary/aromatic N) is 5. The quantitative estimate of drug-likeness (QED) is 0.393. The van der Waals surface area contributed by atoms with Gasteiger partial charge in [-0.25, -0.2) is 4.52 Å². The van der Waals surface area contributed by atoms with Crippen molar-refractivity contribution < 1.29 is 18.3 Å². The molecule has 2 aliphatic heterocycles. The van der Waals surface area contributed by atoms with E-state index in [-0.39, 0.29) is 12.5 Å². The number of aromatic nitrogens is 2. The number of alkyl halides is 2. The first-order chi connectivity index (χ1) is 19.3. The van der Waals surface area contributed by atoms with Crippen LogP contribution >= 0.6 is 0 Å². The van der Waals surface area contributed by atoms with Crippen molar-refractivity contribution in [2.24, 2.45) is 5.92 Å². The summed E-state index contributed by atoms with van der Waals surface area (Å²) < 4.78 is 32.9. The highest BCUT2D eigenvalue weighted by atomic mass is 19.3. The molecule has 214 valence electrons. The number of fused-ring (bicyclic) bond motifs is 1. The molecule has 40 heavy (non-hydrogen) atoms. The van der Waals surface area contributed by atoms with Crippen LogP contribution in [0.25, 0.3) is 16.6 Å². The number of amides is 1. The highest BCUT2D eigenvalue weighted by Crippen LogP contribution is 2.38. The second kappa shape index (κ2) is 11.1. The zero-order valence-electron chi connectivity index (χ0n) is 23.4. The van der Waals surface area contributed by atoms with Crippen molar-refractivity contribution in [3.8, 4) is 11.1 Å². The molecule has 9 heteroatoms. The van der Waals surface area contributed by atoms with Crippen molar-refractivity contribution in [3.63, 3.8) is 0 Å². The number of carbonyl (C=O) groups excluding carboxylic acids is 1. The number of rotatable bonds is 8. The predicted molar refractivity (Wildman–Crippen MR) is 152 cm³/mol. The number of piperazine rings is 1. The molecule has 0 spiro atoms. The minimum Gasteiger partial charge on any atom is -0.366 e. The van der Waals surface area contributed by atoms with Gasteiger partial charge >= 0.3 is 6.61 Å². The number of piperidine rings is 1. The third-order valence-electron chi connectivity index (χ3n) is 9.15. The maximum atomic E-state index is 13.1. The van der Waals surface area contributed by atoms with E-state index < -0.39 is 12.0 Å². The fourth-order valence-electron chi connectivity index (χ4n) is 6.40. The number of likely N-dealkylation sites (tertiary alicyclic amines) is 1. The highest BCUT2D eigenvalue weighted by Gasteiger charge is 2.38. The summed E-state index contributed by atoms with van der Waals surface area (Å²) in [7, 11) is 0. The molecule has 4 heterocycles. The lowest BCUT2D eigenvalue weighted by molar-refractivity contribution is -0.146. The molecule has 1 aliphatic carbocycles. The molecule has 6 rings (SSSR count). The smallest absolute Gasteiger partial charge is 0.345 e. The molecule has 3 aliphatic rings. The standard InChI is InChI=1S/C31H39F2N5O2/c1-22(2)35-13-10-31(11-14-35,21-40-30(32)33)26-7-5-23(6-8-26)25-19-28-27(9-12-34-38(28)20-25)36-15-17-37(18-16-36)29(39)24-3-4-24/h5-9,12,19-20,22,24,30H,3-4,10-11,13-18,21H2,1-2H3. The van der Waals surface area contributed by atoms with Crippen LogP contribution in [0.3, 0.4) is 0 Å². The van der Waals surface area contributed by atoms with Gasteiger partial charge in [0, 0.05) is 61.5 Å². The first-order valence-corrected chi connectivity index (χ1v) is 14.6. The van der Waals surface area contributed by atoms with Gasteiger partial charge in [-0.05, 0) is 75.9 Å². The van der Waals surface area contributed by atoms with Gasteiger partial charge in [0.1, 0.15) is 0 Å². The Kier molecular flexibility index (Phi) is 7.52. The maximum absolute atomic E-state index is 13.1. The van der Waals surface area contributed by atoms with Gasteiger partial charge < -0.3 is 19.4 Å². The fraction of sp³-hybridized carbons (Fsp3) is 0.548. The van der Waals surface area contributed by atoms with Crippen LogP contribution in [0, 0.1) is 5.92 Å². The zero-order valence-corrected chi connectivity index (χ0v) is 23.4. The van der Waals surface area contributed by atoms with Crippen LogP contribution in [0.15, 0.2) is 48.8 Å². The zero-order chi connectivity index (χ0) is 27.9. The molecule has 2 saturated heterocycles. The van der Waals surface area contributed by atoms with Crippen molar-refractivity contribution in [3.05, 3.63) is 54.4 Å². The van der Waals surface area contributed by atoms with Crippen LogP contribution in [0.5, 0.6) is 0 Å². The molecule has 0 atom stereocenters. The Bertz CT molecular complexity index is 1320. The van der Waals surface area contributed by atoms with E-state index in [2.05, 4.69) is 65.1 Å². The van der Waals surface area contributed by atoms with Gasteiger partial charge in [0.25, 0.3) is 0 Å². The molecule has 1 aromatic carbocycles. The van der Waals surface area contributed by atoms with Gasteiger partial charge in [0.15, 0.2) is 0 Å². The van der Waals surface area contributed by atoms with Crippen molar-refractivity contribution in [1.82, 2.24) is 19.4 Å². The summed E-state index contributed by atoms with van der Waals surface area (Å²) in [5.74, 6) is 0.583. The molecule has 7 nitrogen and oxygen atoms in total. The average Bonchev–Trinajstić information content (AvgIpc) is 3.73. The monoisotopic (exact) mass is 551 g/mol. The number of carbonyl (C=O) groups is 1. The summed E-state index contributed by atoms with van der Waals surface area (Å²) in [4.78, 5) is 19.2. The summed E-state index contributed by atoms with van der Waals surface area (Å²) in [5, 5.41) is 4.55. The van der Waals surface area contributed by atoms with Gasteiger partial charge in [0.2, 0.25) is 5.91 Å². The van der Waals surface area contributed by atoms with Crippen molar-refractivity contribution in [2.75, 3.05) is 50.8 Å². The van der Waals surface area contributed by atoms with Crippen LogP contribution in [-0.2, 0) is 14.9 Å². The molecule has 1 amide bonds. The van der Waals surface area contributed by atoms with E-state index in [0.29, 0.717) is 11.9 Å². The van der Waals surface area contributed by atoms with Crippen LogP contribution in [0.2, 0.25) is 0 Å². The Balaban J connectivity index is 1.20. The van der Waals surface area contributed by atoms with Crippen molar-refractivity contribution in [2.45, 2.75) is 57.6 Å². The molecule has 3 fully saturated rings. The Morgan fingerprint density at radius 2 is 1.70 bits per heavy atom. The Morgan fingerprint density at radius 1 is 1.00 bits per heavy atom. The number of halogens is 2. The van der Waals surface area contributed by atoms with Crippen LogP contribution in [0.4, 0.5) is 14.5 Å². The molecule has 2 aromatic heterocycles. The third kappa shape index (κ3) is 5.46. The summed E-state index contributed by atoms with van der Waals surface area (Å²) in [6.07, 6.45) is 7.53. The lowest BCUT2D eigenvalue weighted by Crippen LogP contribution is -2.49. The molecular formula is C31H39F2N5O2. The minimum atomic E-state index is -2.77. The largest absolute Gasteiger partial charge is 0.366 e. The van der Waals surface area contributed by atoms with Crippen molar-refractivity contribution >= 4 is 17.1 Å². The number of hydrogen-bond donors (Lipinski definition) is 0. The second-order valence-electron chi connectivity index (χ2n) is 11.9. The molecule has 0 unspecified atom stereocenters. The summed E-state index contributed by atoms with van der Waals surface area (Å²) in [5.41, 5.74) is 4.92. The van der Waals surface area contributed by atoms with E-state index in [0.717, 1.165) is 92.8 Å². The first-order valence-electron chi connectivity index (χ1n) is 14.6. The van der Waals surface area contributed by atoms with Crippen LogP contribution < -0.4 is 4.90 Å². The van der Waals surface area contributed by atoms with Crippen molar-refractivity contribution in [1.29, 1.82) is 0 Å². The summed E-state index contributed by atoms with van der Waals surface area (Å²) in [6, 6.07) is 13.0. The highest BCUT2D eigenvalue weighted by molar-refractivity contribution is 5.82. The topological polar surface area (TPSA) is 53.3 Å². The van der Waals surface area contributed by atoms with E-state index in [1.807, 2.05) is 21.8 Å². The molecule has 1 saturated carbocycles. The van der Waals surface area contributed by atoms with Gasteiger partial charge in [0.05, 0.1) is 17.8 Å². The molecular weight excluding hydrogens is 512 g/mol. The van der Waals surface area contributed by atoms with Crippen LogP contribution in [-0.4, -0.2) is 83.8 Å². The van der Waals surface area contributed by atoms with Gasteiger partial charge in [-0.1, -0.05) is 24.3 Å². The Hall–Kier alpha value is -3.04. The predicted octanol–water partition coefficient (Wildman–Crippen LogP) is 5.04. The van der Waals surface area contributed by atoms with Gasteiger partial charge in [-0.15, -0.1) is 0 Å². The first kappa shape index (κ1) is 27.1. The second-order valence-corrected chi connectivity index (χ2v) is 11.9. The van der Waals surface area contributed by atoms with E-state index in [9.17, 15) is 13.6 Å². The van der Waals surface area contributed by atoms with Crippen LogP contribution in [0.1, 0.15) is 45.1 Å². The minimum absolute atomic E-state index is 0.0266. The Morgan fingerprint density at radius 3 is 2.33 bits per heavy atom. The number of ether oxygens (including phenoxy) is 1. The fourth-order valence-corrected chi connectivity index (χ4v) is 6.40. The molecule has 0 bridgehead atoms. The van der Waals surface area contributed by atoms with Gasteiger partial charge in [-0.2, -0.15) is 13.9 Å². The lowest BCUT2D eigenvalue weighted by atomic mass is 9.73. The molecule has 3 aromatic rings. The SMILES string of the molecule is CC(C)N1CCC(COC(F)F)(c2ccc(-c3cc4c(N5CCN(C(=O)C6CC6)CC5)ccnn4c3)cc2)CC1. The maximum Gasteiger partial charge on any atom is 0.345 e. The molecule has 0 radical (unpaired) electrons.